The van der Waals surface area contributed by atoms with Crippen molar-refractivity contribution in [3.8, 4) is 22.6 Å². The molecule has 0 saturated carbocycles. The fraction of sp³-hybridized carbons (Fsp3) is 0.300. The Hall–Kier alpha value is -2.75. The van der Waals surface area contributed by atoms with Gasteiger partial charge in [-0.05, 0) is 42.3 Å². The number of thioether (sulfide) groups is 1. The average Bonchev–Trinajstić information content (AvgIpc) is 3.07. The van der Waals surface area contributed by atoms with Crippen molar-refractivity contribution in [1.29, 1.82) is 0 Å². The third-order valence-corrected chi connectivity index (χ3v) is 5.77. The third-order valence-electron chi connectivity index (χ3n) is 4.55. The molecule has 0 radical (unpaired) electrons. The predicted octanol–water partition coefficient (Wildman–Crippen LogP) is 5.24. The van der Waals surface area contributed by atoms with Gasteiger partial charge in [-0.15, -0.1) is 24.9 Å². The van der Waals surface area contributed by atoms with Crippen LogP contribution in [0.5, 0.6) is 11.5 Å². The maximum Gasteiger partial charge on any atom is 0.573 e. The monoisotopic (exact) mass is 440 g/mol. The van der Waals surface area contributed by atoms with Crippen molar-refractivity contribution in [3.05, 3.63) is 47.8 Å². The molecular weight excluding hydrogens is 424 g/mol. The zero-order chi connectivity index (χ0) is 21.5. The van der Waals surface area contributed by atoms with Crippen molar-refractivity contribution >= 4 is 22.9 Å². The Bertz CT molecular complexity index is 1030. The Morgan fingerprint density at radius 3 is 2.63 bits per heavy atom. The summed E-state index contributed by atoms with van der Waals surface area (Å²) in [6.07, 6.45) is -5.45. The lowest BCUT2D eigenvalue weighted by molar-refractivity contribution is -0.275. The van der Waals surface area contributed by atoms with Crippen molar-refractivity contribution in [2.45, 2.75) is 25.9 Å². The number of carbonyl (C=O) groups is 1. The summed E-state index contributed by atoms with van der Waals surface area (Å²) in [7, 11) is 0. The fourth-order valence-electron chi connectivity index (χ4n) is 3.21. The lowest BCUT2D eigenvalue weighted by Gasteiger charge is -2.28. The maximum atomic E-state index is 14.1. The van der Waals surface area contributed by atoms with Gasteiger partial charge in [0.1, 0.15) is 5.75 Å². The van der Waals surface area contributed by atoms with E-state index in [1.54, 1.807) is 30.0 Å². The van der Waals surface area contributed by atoms with Crippen molar-refractivity contribution in [3.63, 3.8) is 0 Å². The van der Waals surface area contributed by atoms with E-state index in [-0.39, 0.29) is 12.6 Å². The van der Waals surface area contributed by atoms with E-state index >= 15 is 0 Å². The van der Waals surface area contributed by atoms with Crippen molar-refractivity contribution in [2.24, 2.45) is 4.99 Å². The quantitative estimate of drug-likeness (QED) is 0.611. The highest BCUT2D eigenvalue weighted by atomic mass is 32.2. The molecule has 0 spiro atoms. The summed E-state index contributed by atoms with van der Waals surface area (Å²) in [5, 5.41) is 0.862. The molecule has 30 heavy (non-hydrogen) atoms. The molecule has 0 fully saturated rings. The minimum absolute atomic E-state index is 0.212. The number of ether oxygens (including phenoxy) is 2. The number of carbonyl (C=O) groups excluding carboxylic acids is 1. The summed E-state index contributed by atoms with van der Waals surface area (Å²) in [5.74, 6) is -0.750. The third kappa shape index (κ3) is 4.53. The van der Waals surface area contributed by atoms with Gasteiger partial charge in [0, 0.05) is 11.3 Å². The first-order valence-electron chi connectivity index (χ1n) is 9.03. The van der Waals surface area contributed by atoms with Crippen LogP contribution in [0.4, 0.5) is 22.4 Å². The molecule has 2 aromatic carbocycles. The van der Waals surface area contributed by atoms with E-state index in [9.17, 15) is 22.4 Å². The van der Waals surface area contributed by atoms with Gasteiger partial charge in [0.2, 0.25) is 0 Å². The molecule has 4 rings (SSSR count). The lowest BCUT2D eigenvalue weighted by Crippen LogP contribution is -2.39. The molecule has 1 amide bonds. The van der Waals surface area contributed by atoms with Crippen LogP contribution in [0.15, 0.2) is 41.4 Å². The Labute approximate surface area is 173 Å². The van der Waals surface area contributed by atoms with Crippen LogP contribution in [0.3, 0.4) is 0 Å². The lowest BCUT2D eigenvalue weighted by atomic mass is 10.0. The van der Waals surface area contributed by atoms with Gasteiger partial charge in [-0.2, -0.15) is 0 Å². The molecule has 2 aliphatic heterocycles. The van der Waals surface area contributed by atoms with Crippen molar-refractivity contribution in [2.75, 3.05) is 12.3 Å². The number of rotatable bonds is 4. The standard InChI is InChI=1S/C20H16F4N2O3S/c1-11-10-30-18(25-11)9-26-8-14-6-12(2-4-16(14)28-19(26)27)13-3-5-17(15(21)7-13)29-20(22,23)24/h2-7,11H,8-10H2,1H3. The molecule has 1 atom stereocenters. The molecule has 5 nitrogen and oxygen atoms in total. The molecule has 10 heteroatoms. The van der Waals surface area contributed by atoms with Gasteiger partial charge in [-0.1, -0.05) is 12.1 Å². The van der Waals surface area contributed by atoms with E-state index in [1.165, 1.54) is 11.0 Å². The molecule has 158 valence electrons. The van der Waals surface area contributed by atoms with E-state index in [1.807, 2.05) is 6.92 Å². The van der Waals surface area contributed by atoms with E-state index in [0.717, 1.165) is 22.9 Å². The second kappa shape index (κ2) is 7.82. The molecular formula is C20H16F4N2O3S. The van der Waals surface area contributed by atoms with Gasteiger partial charge in [0.05, 0.1) is 24.2 Å². The summed E-state index contributed by atoms with van der Waals surface area (Å²) >= 11 is 1.60. The molecule has 2 heterocycles. The first-order chi connectivity index (χ1) is 14.2. The Kier molecular flexibility index (Phi) is 5.35. The van der Waals surface area contributed by atoms with E-state index < -0.39 is 24.0 Å². The van der Waals surface area contributed by atoms with Crippen LogP contribution in [-0.4, -0.2) is 40.7 Å². The minimum Gasteiger partial charge on any atom is -0.410 e. The number of hydrogen-bond donors (Lipinski definition) is 0. The maximum absolute atomic E-state index is 14.1. The van der Waals surface area contributed by atoms with Gasteiger partial charge >= 0.3 is 12.5 Å². The van der Waals surface area contributed by atoms with Crippen molar-refractivity contribution in [1.82, 2.24) is 4.90 Å². The van der Waals surface area contributed by atoms with E-state index in [2.05, 4.69) is 9.73 Å². The van der Waals surface area contributed by atoms with Crippen LogP contribution in [0.2, 0.25) is 0 Å². The molecule has 0 aliphatic carbocycles. The normalized spacial score (nSPS) is 18.7. The van der Waals surface area contributed by atoms with E-state index in [0.29, 0.717) is 29.0 Å². The number of nitrogens with zero attached hydrogens (tertiary/aromatic N) is 2. The summed E-state index contributed by atoms with van der Waals surface area (Å²) in [5.41, 5.74) is 1.66. The zero-order valence-corrected chi connectivity index (χ0v) is 16.5. The predicted molar refractivity (Wildman–Crippen MR) is 104 cm³/mol. The number of fused-ring (bicyclic) bond motifs is 1. The molecule has 2 aliphatic rings. The number of benzene rings is 2. The first kappa shape index (κ1) is 20.5. The summed E-state index contributed by atoms with van der Waals surface area (Å²) < 4.78 is 60.1. The number of hydrogen-bond acceptors (Lipinski definition) is 5. The second-order valence-electron chi connectivity index (χ2n) is 6.92. The smallest absolute Gasteiger partial charge is 0.410 e. The summed E-state index contributed by atoms with van der Waals surface area (Å²) in [6.45, 7) is 2.63. The van der Waals surface area contributed by atoms with Crippen LogP contribution in [0.1, 0.15) is 12.5 Å². The van der Waals surface area contributed by atoms with Gasteiger partial charge in [0.15, 0.2) is 11.6 Å². The van der Waals surface area contributed by atoms with Crippen LogP contribution in [0.25, 0.3) is 11.1 Å². The number of halogens is 4. The Balaban J connectivity index is 1.55. The number of alkyl halides is 3. The molecule has 0 bridgehead atoms. The first-order valence-corrected chi connectivity index (χ1v) is 10.0. The highest BCUT2D eigenvalue weighted by Crippen LogP contribution is 2.34. The largest absolute Gasteiger partial charge is 0.573 e. The molecule has 0 aromatic heterocycles. The molecule has 1 unspecified atom stereocenters. The minimum atomic E-state index is -4.97. The van der Waals surface area contributed by atoms with Crippen LogP contribution >= 0.6 is 11.8 Å². The molecule has 0 saturated heterocycles. The zero-order valence-electron chi connectivity index (χ0n) is 15.7. The Morgan fingerprint density at radius 2 is 1.97 bits per heavy atom. The van der Waals surface area contributed by atoms with Gasteiger partial charge < -0.3 is 9.47 Å². The van der Waals surface area contributed by atoms with Crippen LogP contribution in [-0.2, 0) is 6.54 Å². The highest BCUT2D eigenvalue weighted by molar-refractivity contribution is 8.14. The van der Waals surface area contributed by atoms with Crippen molar-refractivity contribution < 1.29 is 31.8 Å². The molecule has 2 aromatic rings. The van der Waals surface area contributed by atoms with Crippen LogP contribution in [0, 0.1) is 5.82 Å². The summed E-state index contributed by atoms with van der Waals surface area (Å²) in [4.78, 5) is 18.3. The fourth-order valence-corrected chi connectivity index (χ4v) is 4.22. The highest BCUT2D eigenvalue weighted by Gasteiger charge is 2.32. The van der Waals surface area contributed by atoms with Gasteiger partial charge in [0.25, 0.3) is 0 Å². The molecule has 0 N–H and O–H groups in total. The SMILES string of the molecule is CC1CSC(CN2Cc3cc(-c4ccc(OC(F)(F)F)c(F)c4)ccc3OC2=O)=N1. The van der Waals surface area contributed by atoms with Gasteiger partial charge in [-0.3, -0.25) is 9.89 Å². The van der Waals surface area contributed by atoms with Gasteiger partial charge in [-0.25, -0.2) is 9.18 Å². The number of amides is 1. The number of aliphatic imine (C=N–C) groups is 1. The average molecular weight is 440 g/mol. The van der Waals surface area contributed by atoms with E-state index in [4.69, 9.17) is 4.74 Å². The Morgan fingerprint density at radius 1 is 1.23 bits per heavy atom. The second-order valence-corrected chi connectivity index (χ2v) is 8.02. The van der Waals surface area contributed by atoms with Crippen LogP contribution < -0.4 is 9.47 Å². The topological polar surface area (TPSA) is 51.1 Å². The summed E-state index contributed by atoms with van der Waals surface area (Å²) in [6, 6.07) is 8.37.